The monoisotopic (exact) mass is 889 g/mol. The first-order valence-electron chi connectivity index (χ1n) is 19.4. The second-order valence-corrected chi connectivity index (χ2v) is 14.9. The Labute approximate surface area is 360 Å². The summed E-state index contributed by atoms with van der Waals surface area (Å²) in [5, 5.41) is 15.7. The second kappa shape index (κ2) is 31.7. The lowest BCUT2D eigenvalue weighted by Gasteiger charge is -2.27. The molecule has 0 heterocycles. The van der Waals surface area contributed by atoms with Crippen LogP contribution in [0.25, 0.3) is 0 Å². The minimum atomic E-state index is -1.30. The van der Waals surface area contributed by atoms with Crippen molar-refractivity contribution in [2.24, 2.45) is 60.8 Å². The van der Waals surface area contributed by atoms with E-state index in [9.17, 15) is 33.6 Å². The molecule has 0 radical (unpaired) electrons. The summed E-state index contributed by atoms with van der Waals surface area (Å²) in [4.78, 5) is 104. The summed E-state index contributed by atoms with van der Waals surface area (Å²) >= 11 is 5.70. The third-order valence-corrected chi connectivity index (χ3v) is 9.47. The molecule has 0 unspecified atom stereocenters. The van der Waals surface area contributed by atoms with Crippen LogP contribution in [-0.4, -0.2) is 139 Å². The molecule has 22 N–H and O–H groups in total. The number of thiol groups is 1. The van der Waals surface area contributed by atoms with Crippen molar-refractivity contribution < 1.29 is 33.6 Å². The molecule has 0 aromatic carbocycles. The molecule has 0 aliphatic rings. The Bertz CT molecular complexity index is 1470. The normalized spacial score (nSPS) is 13.7. The third kappa shape index (κ3) is 25.3. The van der Waals surface area contributed by atoms with Gasteiger partial charge in [-0.2, -0.15) is 24.4 Å². The van der Waals surface area contributed by atoms with Crippen LogP contribution in [0, 0.1) is 0 Å². The van der Waals surface area contributed by atoms with E-state index in [4.69, 9.17) is 45.9 Å². The highest BCUT2D eigenvalue weighted by atomic mass is 32.2. The first kappa shape index (κ1) is 54.8. The van der Waals surface area contributed by atoms with Crippen LogP contribution in [-0.2, 0) is 33.6 Å². The Morgan fingerprint density at radius 3 is 1.17 bits per heavy atom. The molecule has 0 spiro atoms. The molecule has 7 amide bonds. The largest absolute Gasteiger partial charge is 0.370 e. The van der Waals surface area contributed by atoms with Gasteiger partial charge in [0.1, 0.15) is 36.3 Å². The number of guanidine groups is 3. The zero-order valence-corrected chi connectivity index (χ0v) is 36.2. The number of nitrogens with one attached hydrogen (secondary N) is 6. The van der Waals surface area contributed by atoms with Gasteiger partial charge in [-0.25, -0.2) is 0 Å². The van der Waals surface area contributed by atoms with Crippen LogP contribution < -0.4 is 77.8 Å². The summed E-state index contributed by atoms with van der Waals surface area (Å²) in [7, 11) is 0. The molecule has 0 aromatic heterocycles. The highest BCUT2D eigenvalue weighted by Crippen LogP contribution is 2.09. The topological polar surface area (TPSA) is 437 Å². The zero-order valence-electron chi connectivity index (χ0n) is 34.5. The molecule has 0 aliphatic heterocycles. The van der Waals surface area contributed by atoms with E-state index in [0.717, 1.165) is 0 Å². The molecule has 0 saturated carbocycles. The number of carbonyl (C=O) groups is 7. The Kier molecular flexibility index (Phi) is 28.9. The van der Waals surface area contributed by atoms with Crippen LogP contribution in [0.3, 0.4) is 0 Å². The van der Waals surface area contributed by atoms with Crippen molar-refractivity contribution in [2.75, 3.05) is 43.9 Å². The van der Waals surface area contributed by atoms with Crippen LogP contribution in [0.4, 0.5) is 0 Å². The molecule has 0 aromatic rings. The zero-order chi connectivity index (χ0) is 45.6. The molecule has 0 fully saturated rings. The maximum atomic E-state index is 14.0. The highest BCUT2D eigenvalue weighted by Gasteiger charge is 2.32. The van der Waals surface area contributed by atoms with Gasteiger partial charge in [0.15, 0.2) is 17.9 Å². The van der Waals surface area contributed by atoms with Gasteiger partial charge in [-0.05, 0) is 82.8 Å². The summed E-state index contributed by atoms with van der Waals surface area (Å²) in [6, 6.07) is -7.05. The number of nitrogens with zero attached hydrogens (tertiary/aromatic N) is 3. The standard InChI is InChI=1S/C34H67N17O7S2/c1-19(52)46-24(12-17-60-2)30(57)51-25(18-59)31(58)50-23(11-7-16-45-34(41)42)29(56)49-22(10-6-15-44-33(39)40)28(55)48-21(8-3-4-13-35)27(54)47-20(26(36)53)9-5-14-43-32(37)38/h20-25,59H,3-18,35H2,1-2H3,(H2,36,53)(H,46,52)(H,47,54)(H,48,55)(H,49,56)(H,50,58)(H,51,57)(H4,37,38,43)(H4,39,40,44)(H4,41,42,45)/t20-,21-,22-,23-,24-,25-/m0/s1. The van der Waals surface area contributed by atoms with E-state index >= 15 is 0 Å². The van der Waals surface area contributed by atoms with E-state index in [1.807, 2.05) is 6.26 Å². The number of aliphatic imine (C=N–C) groups is 3. The van der Waals surface area contributed by atoms with Gasteiger partial charge in [-0.3, -0.25) is 48.5 Å². The molecule has 60 heavy (non-hydrogen) atoms. The second-order valence-electron chi connectivity index (χ2n) is 13.6. The molecule has 0 aliphatic carbocycles. The lowest BCUT2D eigenvalue weighted by Crippen LogP contribution is -2.60. The van der Waals surface area contributed by atoms with Gasteiger partial charge < -0.3 is 77.8 Å². The molecule has 24 nitrogen and oxygen atoms in total. The summed E-state index contributed by atoms with van der Waals surface area (Å²) in [6.45, 7) is 1.92. The van der Waals surface area contributed by atoms with Gasteiger partial charge in [-0.1, -0.05) is 0 Å². The summed E-state index contributed by atoms with van der Waals surface area (Å²) in [6.07, 6.45) is 3.93. The first-order valence-corrected chi connectivity index (χ1v) is 21.4. The van der Waals surface area contributed by atoms with Crippen molar-refractivity contribution in [3.63, 3.8) is 0 Å². The minimum absolute atomic E-state index is 0.0199. The van der Waals surface area contributed by atoms with E-state index in [-0.39, 0.29) is 88.2 Å². The molecule has 0 bridgehead atoms. The third-order valence-electron chi connectivity index (χ3n) is 8.46. The number of amides is 7. The lowest BCUT2D eigenvalue weighted by atomic mass is 10.0. The molecule has 342 valence electrons. The van der Waals surface area contributed by atoms with Crippen molar-refractivity contribution in [3.05, 3.63) is 0 Å². The lowest BCUT2D eigenvalue weighted by molar-refractivity contribution is -0.135. The fraction of sp³-hybridized carbons (Fsp3) is 0.706. The molecular formula is C34H67N17O7S2. The quantitative estimate of drug-likeness (QED) is 0.0130. The highest BCUT2D eigenvalue weighted by molar-refractivity contribution is 7.98. The number of nitrogens with two attached hydrogens (primary N) is 8. The predicted octanol–water partition coefficient (Wildman–Crippen LogP) is -5.63. The SMILES string of the molecule is CSCC[C@H](NC(C)=O)C(=O)N[C@@H](CS)C(=O)N[C@@H](CCCN=C(N)N)C(=O)N[C@@H](CCCN=C(N)N)C(=O)N[C@@H](CCCCN)C(=O)N[C@@H](CCCN=C(N)N)C(N)=O. The van der Waals surface area contributed by atoms with Gasteiger partial charge in [0.05, 0.1) is 0 Å². The van der Waals surface area contributed by atoms with Crippen LogP contribution >= 0.6 is 24.4 Å². The van der Waals surface area contributed by atoms with Crippen LogP contribution in [0.15, 0.2) is 15.0 Å². The van der Waals surface area contributed by atoms with Gasteiger partial charge in [0.2, 0.25) is 41.4 Å². The summed E-state index contributed by atoms with van der Waals surface area (Å²) < 4.78 is 0. The molecule has 26 heteroatoms. The van der Waals surface area contributed by atoms with E-state index in [0.29, 0.717) is 31.6 Å². The van der Waals surface area contributed by atoms with Crippen molar-refractivity contribution in [1.82, 2.24) is 31.9 Å². The van der Waals surface area contributed by atoms with Crippen LogP contribution in [0.2, 0.25) is 0 Å². The maximum Gasteiger partial charge on any atom is 0.244 e. The molecular weight excluding hydrogens is 823 g/mol. The molecule has 0 saturated heterocycles. The van der Waals surface area contributed by atoms with E-state index in [2.05, 4.69) is 59.5 Å². The Morgan fingerprint density at radius 2 is 0.833 bits per heavy atom. The minimum Gasteiger partial charge on any atom is -0.370 e. The Hall–Kier alpha value is -5.24. The number of thioether (sulfide) groups is 1. The average molecular weight is 890 g/mol. The summed E-state index contributed by atoms with van der Waals surface area (Å²) in [5.41, 5.74) is 43.8. The number of rotatable bonds is 32. The van der Waals surface area contributed by atoms with Gasteiger partial charge >= 0.3 is 0 Å². The fourth-order valence-corrected chi connectivity index (χ4v) is 6.13. The fourth-order valence-electron chi connectivity index (χ4n) is 5.40. The van der Waals surface area contributed by atoms with Gasteiger partial charge in [0, 0.05) is 32.3 Å². The Balaban J connectivity index is 6.49. The van der Waals surface area contributed by atoms with Gasteiger partial charge in [-0.15, -0.1) is 0 Å². The predicted molar refractivity (Wildman–Crippen MR) is 236 cm³/mol. The number of unbranched alkanes of at least 4 members (excludes halogenated alkanes) is 1. The number of primary amides is 1. The van der Waals surface area contributed by atoms with E-state index in [1.54, 1.807) is 0 Å². The van der Waals surface area contributed by atoms with Crippen LogP contribution in [0.1, 0.15) is 71.1 Å². The average Bonchev–Trinajstić information content (AvgIpc) is 3.17. The van der Waals surface area contributed by atoms with Crippen molar-refractivity contribution >= 4 is 83.6 Å². The van der Waals surface area contributed by atoms with Gasteiger partial charge in [0.25, 0.3) is 0 Å². The Morgan fingerprint density at radius 1 is 0.500 bits per heavy atom. The number of hydrogen-bond acceptors (Lipinski definition) is 13. The summed E-state index contributed by atoms with van der Waals surface area (Å²) in [5.74, 6) is -5.10. The maximum absolute atomic E-state index is 14.0. The number of hydrogen-bond donors (Lipinski definition) is 15. The van der Waals surface area contributed by atoms with Crippen molar-refractivity contribution in [1.29, 1.82) is 0 Å². The molecule has 6 atom stereocenters. The van der Waals surface area contributed by atoms with E-state index < -0.39 is 77.6 Å². The first-order chi connectivity index (χ1) is 28.4. The smallest absolute Gasteiger partial charge is 0.244 e. The molecule has 0 rings (SSSR count). The number of carbonyl (C=O) groups excluding carboxylic acids is 7. The van der Waals surface area contributed by atoms with Crippen molar-refractivity contribution in [3.8, 4) is 0 Å². The van der Waals surface area contributed by atoms with E-state index in [1.165, 1.54) is 18.7 Å². The van der Waals surface area contributed by atoms with Crippen molar-refractivity contribution in [2.45, 2.75) is 107 Å². The van der Waals surface area contributed by atoms with Crippen LogP contribution in [0.5, 0.6) is 0 Å².